The molecule has 0 saturated carbocycles. The average molecular weight is 274 g/mol. The molecule has 2 aromatic rings. The number of carbonyl (C=O) groups is 2. The van der Waals surface area contributed by atoms with Crippen LogP contribution in [0.1, 0.15) is 10.5 Å². The van der Waals surface area contributed by atoms with Gasteiger partial charge in [-0.2, -0.15) is 0 Å². The summed E-state index contributed by atoms with van der Waals surface area (Å²) in [6, 6.07) is 6.19. The summed E-state index contributed by atoms with van der Waals surface area (Å²) < 4.78 is 4.84. The second-order valence-corrected chi connectivity index (χ2v) is 4.35. The smallest absolute Gasteiger partial charge is 0.414 e. The first-order valence-corrected chi connectivity index (χ1v) is 5.91. The maximum absolute atomic E-state index is 11.9. The number of H-pyrrole nitrogens is 1. The number of carboxylic acid groups (broad SMARTS) is 1. The van der Waals surface area contributed by atoms with Gasteiger partial charge in [-0.05, 0) is 23.6 Å². The highest BCUT2D eigenvalue weighted by molar-refractivity contribution is 5.96. The van der Waals surface area contributed by atoms with Crippen LogP contribution in [0.3, 0.4) is 0 Å². The van der Waals surface area contributed by atoms with E-state index < -0.39 is 17.6 Å². The Labute approximate surface area is 112 Å². The number of carboxylic acids is 1. The number of aromatic carboxylic acids is 1. The first-order chi connectivity index (χ1) is 9.56. The SMILES string of the molecule is O=C(O)c1cc2ccc(N3CCOC3=O)cc2c(=O)[nH]1. The van der Waals surface area contributed by atoms with Crippen LogP contribution in [0.2, 0.25) is 0 Å². The summed E-state index contributed by atoms with van der Waals surface area (Å²) in [4.78, 5) is 38.0. The first-order valence-electron chi connectivity index (χ1n) is 5.91. The van der Waals surface area contributed by atoms with E-state index >= 15 is 0 Å². The maximum Gasteiger partial charge on any atom is 0.414 e. The minimum Gasteiger partial charge on any atom is -0.477 e. The van der Waals surface area contributed by atoms with Gasteiger partial charge < -0.3 is 14.8 Å². The van der Waals surface area contributed by atoms with Crippen molar-refractivity contribution in [1.82, 2.24) is 4.98 Å². The van der Waals surface area contributed by atoms with Crippen LogP contribution in [0.5, 0.6) is 0 Å². The fraction of sp³-hybridized carbons (Fsp3) is 0.154. The predicted octanol–water partition coefficient (Wildman–Crippen LogP) is 1.18. The molecule has 2 N–H and O–H groups in total. The van der Waals surface area contributed by atoms with E-state index in [1.165, 1.54) is 11.0 Å². The number of ether oxygens (including phenoxy) is 1. The number of nitrogens with zero attached hydrogens (tertiary/aromatic N) is 1. The number of anilines is 1. The third kappa shape index (κ3) is 1.89. The number of fused-ring (bicyclic) bond motifs is 1. The highest BCUT2D eigenvalue weighted by atomic mass is 16.6. The average Bonchev–Trinajstić information content (AvgIpc) is 2.84. The van der Waals surface area contributed by atoms with Crippen molar-refractivity contribution in [2.75, 3.05) is 18.1 Å². The lowest BCUT2D eigenvalue weighted by atomic mass is 10.1. The van der Waals surface area contributed by atoms with E-state index in [-0.39, 0.29) is 5.69 Å². The second kappa shape index (κ2) is 4.37. The molecular weight excluding hydrogens is 264 g/mol. The number of amides is 1. The zero-order valence-corrected chi connectivity index (χ0v) is 10.3. The number of hydrogen-bond acceptors (Lipinski definition) is 4. The molecule has 0 spiro atoms. The van der Waals surface area contributed by atoms with Gasteiger partial charge >= 0.3 is 12.1 Å². The van der Waals surface area contributed by atoms with E-state index in [1.807, 2.05) is 0 Å². The quantitative estimate of drug-likeness (QED) is 0.856. The number of nitrogens with one attached hydrogen (secondary N) is 1. The molecule has 1 aromatic carbocycles. The van der Waals surface area contributed by atoms with Gasteiger partial charge in [0.25, 0.3) is 5.56 Å². The lowest BCUT2D eigenvalue weighted by molar-refractivity contribution is 0.0690. The Morgan fingerprint density at radius 1 is 1.30 bits per heavy atom. The second-order valence-electron chi connectivity index (χ2n) is 4.35. The Bertz CT molecular complexity index is 780. The van der Waals surface area contributed by atoms with Crippen molar-refractivity contribution in [2.45, 2.75) is 0 Å². The fourth-order valence-corrected chi connectivity index (χ4v) is 2.16. The Hall–Kier alpha value is -2.83. The number of benzene rings is 1. The molecule has 7 heteroatoms. The van der Waals surface area contributed by atoms with E-state index in [0.717, 1.165) is 0 Å². The summed E-state index contributed by atoms with van der Waals surface area (Å²) in [7, 11) is 0. The topological polar surface area (TPSA) is 99.7 Å². The van der Waals surface area contributed by atoms with Gasteiger partial charge in [0.2, 0.25) is 0 Å². The Morgan fingerprint density at radius 2 is 2.10 bits per heavy atom. The summed E-state index contributed by atoms with van der Waals surface area (Å²) in [5, 5.41) is 9.72. The van der Waals surface area contributed by atoms with E-state index in [9.17, 15) is 14.4 Å². The molecule has 0 bridgehead atoms. The summed E-state index contributed by atoms with van der Waals surface area (Å²) in [6.45, 7) is 0.737. The Balaban J connectivity index is 2.14. The van der Waals surface area contributed by atoms with Crippen molar-refractivity contribution in [3.8, 4) is 0 Å². The van der Waals surface area contributed by atoms with Gasteiger partial charge in [-0.3, -0.25) is 9.69 Å². The van der Waals surface area contributed by atoms with Crippen LogP contribution in [0.15, 0.2) is 29.1 Å². The normalized spacial score (nSPS) is 14.6. The number of aromatic nitrogens is 1. The van der Waals surface area contributed by atoms with Crippen molar-refractivity contribution in [1.29, 1.82) is 0 Å². The zero-order valence-electron chi connectivity index (χ0n) is 10.3. The van der Waals surface area contributed by atoms with Crippen LogP contribution in [-0.2, 0) is 4.74 Å². The van der Waals surface area contributed by atoms with Gasteiger partial charge in [0, 0.05) is 11.1 Å². The maximum atomic E-state index is 11.9. The van der Waals surface area contributed by atoms with E-state index in [2.05, 4.69) is 4.98 Å². The molecule has 1 amide bonds. The van der Waals surface area contributed by atoms with Crippen molar-refractivity contribution >= 4 is 28.5 Å². The molecule has 1 aromatic heterocycles. The van der Waals surface area contributed by atoms with Crippen LogP contribution in [0.4, 0.5) is 10.5 Å². The number of carbonyl (C=O) groups excluding carboxylic acids is 1. The van der Waals surface area contributed by atoms with E-state index in [1.54, 1.807) is 18.2 Å². The standard InChI is InChI=1S/C13H10N2O5/c16-11-9-6-8(15-3-4-20-13(15)19)2-1-7(9)5-10(14-11)12(17)18/h1-2,5-6H,3-4H2,(H,14,16)(H,17,18). The van der Waals surface area contributed by atoms with Crippen LogP contribution < -0.4 is 10.5 Å². The summed E-state index contributed by atoms with van der Waals surface area (Å²) in [6.07, 6.45) is -0.456. The molecule has 1 aliphatic heterocycles. The number of rotatable bonds is 2. The molecule has 1 fully saturated rings. The van der Waals surface area contributed by atoms with Crippen LogP contribution in [0.25, 0.3) is 10.8 Å². The van der Waals surface area contributed by atoms with E-state index in [4.69, 9.17) is 9.84 Å². The Morgan fingerprint density at radius 3 is 2.75 bits per heavy atom. The third-order valence-electron chi connectivity index (χ3n) is 3.13. The first kappa shape index (κ1) is 12.2. The number of hydrogen-bond donors (Lipinski definition) is 2. The molecular formula is C13H10N2O5. The van der Waals surface area contributed by atoms with E-state index in [0.29, 0.717) is 29.6 Å². The van der Waals surface area contributed by atoms with Crippen molar-refractivity contribution in [3.63, 3.8) is 0 Å². The number of aromatic amines is 1. The molecule has 1 saturated heterocycles. The monoisotopic (exact) mass is 274 g/mol. The molecule has 102 valence electrons. The molecule has 0 unspecified atom stereocenters. The van der Waals surface area contributed by atoms with Gasteiger partial charge in [-0.25, -0.2) is 9.59 Å². The predicted molar refractivity (Wildman–Crippen MR) is 70.2 cm³/mol. The van der Waals surface area contributed by atoms with Gasteiger partial charge in [-0.15, -0.1) is 0 Å². The summed E-state index contributed by atoms with van der Waals surface area (Å²) in [5.74, 6) is -1.20. The highest BCUT2D eigenvalue weighted by Crippen LogP contribution is 2.22. The minimum atomic E-state index is -1.20. The summed E-state index contributed by atoms with van der Waals surface area (Å²) >= 11 is 0. The largest absolute Gasteiger partial charge is 0.477 e. The molecule has 20 heavy (non-hydrogen) atoms. The zero-order chi connectivity index (χ0) is 14.3. The Kier molecular flexibility index (Phi) is 2.67. The molecule has 0 aliphatic carbocycles. The van der Waals surface area contributed by atoms with Gasteiger partial charge in [0.1, 0.15) is 12.3 Å². The third-order valence-corrected chi connectivity index (χ3v) is 3.13. The lowest BCUT2D eigenvalue weighted by Crippen LogP contribution is -2.23. The number of pyridine rings is 1. The lowest BCUT2D eigenvalue weighted by Gasteiger charge is -2.13. The van der Waals surface area contributed by atoms with Crippen LogP contribution >= 0.6 is 0 Å². The van der Waals surface area contributed by atoms with Gasteiger partial charge in [-0.1, -0.05) is 6.07 Å². The van der Waals surface area contributed by atoms with Gasteiger partial charge in [0.15, 0.2) is 0 Å². The molecule has 3 rings (SSSR count). The van der Waals surface area contributed by atoms with Crippen molar-refractivity contribution in [2.24, 2.45) is 0 Å². The minimum absolute atomic E-state index is 0.171. The van der Waals surface area contributed by atoms with Crippen molar-refractivity contribution in [3.05, 3.63) is 40.3 Å². The molecule has 7 nitrogen and oxygen atoms in total. The molecule has 0 radical (unpaired) electrons. The number of cyclic esters (lactones) is 1. The van der Waals surface area contributed by atoms with Gasteiger partial charge in [0.05, 0.1) is 6.54 Å². The molecule has 0 atom stereocenters. The van der Waals surface area contributed by atoms with Crippen LogP contribution in [-0.4, -0.2) is 35.3 Å². The molecule has 2 heterocycles. The summed E-state index contributed by atoms with van der Waals surface area (Å²) in [5.41, 5.74) is -0.126. The fourth-order valence-electron chi connectivity index (χ4n) is 2.16. The van der Waals surface area contributed by atoms with Crippen molar-refractivity contribution < 1.29 is 19.4 Å². The van der Waals surface area contributed by atoms with Crippen LogP contribution in [0, 0.1) is 0 Å². The highest BCUT2D eigenvalue weighted by Gasteiger charge is 2.23. The molecule has 1 aliphatic rings.